The van der Waals surface area contributed by atoms with Crippen molar-refractivity contribution in [1.82, 2.24) is 4.98 Å². The highest BCUT2D eigenvalue weighted by molar-refractivity contribution is 6.29. The molecule has 0 atom stereocenters. The fourth-order valence-corrected chi connectivity index (χ4v) is 2.11. The summed E-state index contributed by atoms with van der Waals surface area (Å²) in [6.07, 6.45) is 0. The maximum Gasteiger partial charge on any atom is 0.341 e. The highest BCUT2D eigenvalue weighted by Crippen LogP contribution is 2.32. The largest absolute Gasteiger partial charge is 0.477 e. The normalized spacial score (nSPS) is 10.7. The van der Waals surface area contributed by atoms with E-state index in [0.717, 1.165) is 11.1 Å². The molecule has 0 spiro atoms. The number of carboxylic acids is 1. The number of aryl methyl sites for hydroxylation is 1. The molecule has 0 bridgehead atoms. The van der Waals surface area contributed by atoms with Crippen molar-refractivity contribution in [3.05, 3.63) is 52.2 Å². The van der Waals surface area contributed by atoms with Crippen molar-refractivity contribution in [2.24, 2.45) is 0 Å². The van der Waals surface area contributed by atoms with Gasteiger partial charge in [0.15, 0.2) is 0 Å². The average Bonchev–Trinajstić information content (AvgIpc) is 2.38. The lowest BCUT2D eigenvalue weighted by molar-refractivity contribution is 0.0693. The second kappa shape index (κ2) is 6.14. The summed E-state index contributed by atoms with van der Waals surface area (Å²) in [5, 5.41) is 9.39. The third kappa shape index (κ3) is 3.52. The number of nitrogens with zero attached hydrogens (tertiary/aromatic N) is 1. The Labute approximate surface area is 128 Å². The summed E-state index contributed by atoms with van der Waals surface area (Å²) in [5.74, 6) is -0.259. The van der Waals surface area contributed by atoms with Gasteiger partial charge in [-0.2, -0.15) is 0 Å². The first-order chi connectivity index (χ1) is 9.88. The maximum absolute atomic E-state index is 11.2. The number of aromatic carboxylic acids is 1. The molecule has 0 saturated heterocycles. The minimum Gasteiger partial charge on any atom is -0.477 e. The molecule has 0 amide bonds. The average molecular weight is 306 g/mol. The molecule has 1 N–H and O–H groups in total. The topological polar surface area (TPSA) is 59.4 Å². The van der Waals surface area contributed by atoms with Crippen LogP contribution in [0.4, 0.5) is 0 Å². The molecule has 0 aliphatic carbocycles. The monoisotopic (exact) mass is 305 g/mol. The van der Waals surface area contributed by atoms with E-state index in [1.807, 2.05) is 39.0 Å². The molecular weight excluding hydrogens is 290 g/mol. The molecule has 2 rings (SSSR count). The minimum absolute atomic E-state index is 0.00231. The molecular formula is C16H16ClNO3. The standard InChI is InChI=1S/C16H16ClNO3/c1-9(2)11-5-4-10(3)8-13(11)21-15-12(16(19)20)6-7-14(17)18-15/h4-9H,1-3H3,(H,19,20). The van der Waals surface area contributed by atoms with E-state index in [-0.39, 0.29) is 22.5 Å². The zero-order valence-electron chi connectivity index (χ0n) is 12.1. The Morgan fingerprint density at radius 2 is 2.00 bits per heavy atom. The van der Waals surface area contributed by atoms with Crippen molar-refractivity contribution in [2.75, 3.05) is 0 Å². The molecule has 5 heteroatoms. The Balaban J connectivity index is 2.49. The van der Waals surface area contributed by atoms with E-state index in [1.165, 1.54) is 12.1 Å². The predicted molar refractivity (Wildman–Crippen MR) is 81.5 cm³/mol. The highest BCUT2D eigenvalue weighted by Gasteiger charge is 2.17. The van der Waals surface area contributed by atoms with Crippen LogP contribution in [0.2, 0.25) is 5.15 Å². The Bertz CT molecular complexity index is 683. The number of carboxylic acid groups (broad SMARTS) is 1. The summed E-state index contributed by atoms with van der Waals surface area (Å²) in [5.41, 5.74) is 1.99. The molecule has 0 unspecified atom stereocenters. The number of benzene rings is 1. The highest BCUT2D eigenvalue weighted by atomic mass is 35.5. The zero-order chi connectivity index (χ0) is 15.6. The van der Waals surface area contributed by atoms with Gasteiger partial charge in [-0.05, 0) is 42.2 Å². The lowest BCUT2D eigenvalue weighted by Crippen LogP contribution is -2.03. The molecule has 110 valence electrons. The summed E-state index contributed by atoms with van der Waals surface area (Å²) in [7, 11) is 0. The summed E-state index contributed by atoms with van der Waals surface area (Å²) in [4.78, 5) is 15.2. The van der Waals surface area contributed by atoms with Gasteiger partial charge in [0, 0.05) is 0 Å². The van der Waals surface area contributed by atoms with Gasteiger partial charge >= 0.3 is 5.97 Å². The van der Waals surface area contributed by atoms with Gasteiger partial charge in [-0.3, -0.25) is 0 Å². The van der Waals surface area contributed by atoms with Crippen LogP contribution in [-0.4, -0.2) is 16.1 Å². The lowest BCUT2D eigenvalue weighted by Gasteiger charge is -2.15. The van der Waals surface area contributed by atoms with E-state index >= 15 is 0 Å². The van der Waals surface area contributed by atoms with E-state index in [9.17, 15) is 9.90 Å². The molecule has 2 aromatic rings. The SMILES string of the molecule is Cc1ccc(C(C)C)c(Oc2nc(Cl)ccc2C(=O)O)c1. The second-order valence-corrected chi connectivity index (χ2v) is 5.48. The van der Waals surface area contributed by atoms with Gasteiger partial charge in [-0.25, -0.2) is 9.78 Å². The van der Waals surface area contributed by atoms with E-state index < -0.39 is 5.97 Å². The lowest BCUT2D eigenvalue weighted by atomic mass is 10.0. The van der Waals surface area contributed by atoms with Gasteiger partial charge in [0.2, 0.25) is 5.88 Å². The first kappa shape index (κ1) is 15.3. The van der Waals surface area contributed by atoms with Crippen LogP contribution >= 0.6 is 11.6 Å². The molecule has 21 heavy (non-hydrogen) atoms. The molecule has 1 heterocycles. The van der Waals surface area contributed by atoms with Gasteiger partial charge < -0.3 is 9.84 Å². The van der Waals surface area contributed by atoms with Gasteiger partial charge in [-0.15, -0.1) is 0 Å². The molecule has 4 nitrogen and oxygen atoms in total. The molecule has 0 radical (unpaired) electrons. The van der Waals surface area contributed by atoms with E-state index in [4.69, 9.17) is 16.3 Å². The molecule has 1 aromatic heterocycles. The van der Waals surface area contributed by atoms with Crippen LogP contribution < -0.4 is 4.74 Å². The van der Waals surface area contributed by atoms with Gasteiger partial charge in [0.1, 0.15) is 16.5 Å². The summed E-state index contributed by atoms with van der Waals surface area (Å²) in [6, 6.07) is 8.64. The molecule has 0 fully saturated rings. The van der Waals surface area contributed by atoms with Crippen LogP contribution in [0, 0.1) is 6.92 Å². The number of aromatic nitrogens is 1. The quantitative estimate of drug-likeness (QED) is 0.835. The number of halogens is 1. The fourth-order valence-electron chi connectivity index (χ4n) is 1.97. The number of hydrogen-bond donors (Lipinski definition) is 1. The zero-order valence-corrected chi connectivity index (χ0v) is 12.8. The van der Waals surface area contributed by atoms with E-state index in [2.05, 4.69) is 4.98 Å². The van der Waals surface area contributed by atoms with Crippen molar-refractivity contribution in [1.29, 1.82) is 0 Å². The third-order valence-electron chi connectivity index (χ3n) is 3.05. The van der Waals surface area contributed by atoms with E-state index in [1.54, 1.807) is 0 Å². The minimum atomic E-state index is -1.10. The third-order valence-corrected chi connectivity index (χ3v) is 3.26. The Morgan fingerprint density at radius 1 is 1.29 bits per heavy atom. The summed E-state index contributed by atoms with van der Waals surface area (Å²) < 4.78 is 5.75. The van der Waals surface area contributed by atoms with Gasteiger partial charge in [0.25, 0.3) is 0 Å². The van der Waals surface area contributed by atoms with Crippen LogP contribution in [0.1, 0.15) is 41.3 Å². The number of rotatable bonds is 4. The fraction of sp³-hybridized carbons (Fsp3) is 0.250. The van der Waals surface area contributed by atoms with Crippen LogP contribution in [0.15, 0.2) is 30.3 Å². The molecule has 1 aromatic carbocycles. The van der Waals surface area contributed by atoms with Crippen molar-refractivity contribution >= 4 is 17.6 Å². The van der Waals surface area contributed by atoms with Crippen LogP contribution in [0.3, 0.4) is 0 Å². The van der Waals surface area contributed by atoms with Crippen molar-refractivity contribution in [2.45, 2.75) is 26.7 Å². The smallest absolute Gasteiger partial charge is 0.341 e. The molecule has 0 aliphatic heterocycles. The second-order valence-electron chi connectivity index (χ2n) is 5.09. The van der Waals surface area contributed by atoms with Crippen LogP contribution in [0.5, 0.6) is 11.6 Å². The molecule has 0 aliphatic rings. The number of hydrogen-bond acceptors (Lipinski definition) is 3. The van der Waals surface area contributed by atoms with Crippen LogP contribution in [0.25, 0.3) is 0 Å². The van der Waals surface area contributed by atoms with Gasteiger partial charge in [0.05, 0.1) is 0 Å². The maximum atomic E-state index is 11.2. The van der Waals surface area contributed by atoms with Crippen molar-refractivity contribution in [3.63, 3.8) is 0 Å². The number of ether oxygens (including phenoxy) is 1. The first-order valence-corrected chi connectivity index (χ1v) is 6.94. The van der Waals surface area contributed by atoms with E-state index in [0.29, 0.717) is 5.75 Å². The Kier molecular flexibility index (Phi) is 4.48. The van der Waals surface area contributed by atoms with Gasteiger partial charge in [-0.1, -0.05) is 37.6 Å². The Morgan fingerprint density at radius 3 is 2.62 bits per heavy atom. The summed E-state index contributed by atoms with van der Waals surface area (Å²) in [6.45, 7) is 6.03. The van der Waals surface area contributed by atoms with Crippen LogP contribution in [-0.2, 0) is 0 Å². The first-order valence-electron chi connectivity index (χ1n) is 6.56. The predicted octanol–water partition coefficient (Wildman–Crippen LogP) is 4.66. The molecule has 0 saturated carbocycles. The summed E-state index contributed by atoms with van der Waals surface area (Å²) >= 11 is 5.84. The van der Waals surface area contributed by atoms with Crippen molar-refractivity contribution in [3.8, 4) is 11.6 Å². The van der Waals surface area contributed by atoms with Crippen molar-refractivity contribution < 1.29 is 14.6 Å². The number of pyridine rings is 1. The number of carbonyl (C=O) groups is 1. The Hall–Kier alpha value is -2.07.